The standard InChI is InChI=1S/C17H16BrN3/c18-14-8-4-7-13(9-14)16-11-20-17(21-16)15(10-19)12-5-2-1-3-6-12/h1-9,11,15H,10,19H2,(H,20,21). The molecule has 0 saturated carbocycles. The van der Waals surface area contributed by atoms with E-state index in [0.29, 0.717) is 6.54 Å². The van der Waals surface area contributed by atoms with Gasteiger partial charge in [0, 0.05) is 16.6 Å². The Kier molecular flexibility index (Phi) is 4.18. The molecule has 0 bridgehead atoms. The molecular formula is C17H16BrN3. The Bertz CT molecular complexity index is 722. The van der Waals surface area contributed by atoms with E-state index >= 15 is 0 Å². The second-order valence-corrected chi connectivity index (χ2v) is 5.81. The van der Waals surface area contributed by atoms with Crippen molar-refractivity contribution in [1.29, 1.82) is 0 Å². The average molecular weight is 342 g/mol. The van der Waals surface area contributed by atoms with Gasteiger partial charge in [-0.1, -0.05) is 58.4 Å². The molecule has 0 radical (unpaired) electrons. The van der Waals surface area contributed by atoms with Crippen LogP contribution in [-0.2, 0) is 0 Å². The van der Waals surface area contributed by atoms with E-state index in [1.165, 1.54) is 5.56 Å². The average Bonchev–Trinajstić information content (AvgIpc) is 2.99. The minimum Gasteiger partial charge on any atom is -0.341 e. The molecule has 0 fully saturated rings. The van der Waals surface area contributed by atoms with Crippen LogP contribution in [0.5, 0.6) is 0 Å². The molecule has 2 aromatic carbocycles. The van der Waals surface area contributed by atoms with Gasteiger partial charge in [-0.25, -0.2) is 4.98 Å². The summed E-state index contributed by atoms with van der Waals surface area (Å²) in [7, 11) is 0. The predicted molar refractivity (Wildman–Crippen MR) is 89.1 cm³/mol. The van der Waals surface area contributed by atoms with E-state index in [-0.39, 0.29) is 5.92 Å². The first kappa shape index (κ1) is 14.0. The summed E-state index contributed by atoms with van der Waals surface area (Å²) in [6, 6.07) is 18.4. The quantitative estimate of drug-likeness (QED) is 0.755. The first-order valence-electron chi connectivity index (χ1n) is 6.84. The SMILES string of the molecule is NCC(c1ccccc1)c1ncc(-c2cccc(Br)c2)[nH]1. The normalized spacial score (nSPS) is 12.3. The number of imidazole rings is 1. The van der Waals surface area contributed by atoms with Crippen LogP contribution in [0.1, 0.15) is 17.3 Å². The summed E-state index contributed by atoms with van der Waals surface area (Å²) in [6.45, 7) is 0.523. The molecule has 1 aromatic heterocycles. The van der Waals surface area contributed by atoms with E-state index in [4.69, 9.17) is 5.73 Å². The highest BCUT2D eigenvalue weighted by Gasteiger charge is 2.16. The number of benzene rings is 2. The summed E-state index contributed by atoms with van der Waals surface area (Å²) in [4.78, 5) is 7.91. The first-order valence-corrected chi connectivity index (χ1v) is 7.63. The summed E-state index contributed by atoms with van der Waals surface area (Å²) < 4.78 is 1.05. The number of hydrogen-bond acceptors (Lipinski definition) is 2. The lowest BCUT2D eigenvalue weighted by atomic mass is 9.99. The molecule has 0 aliphatic heterocycles. The molecule has 106 valence electrons. The van der Waals surface area contributed by atoms with Crippen LogP contribution in [0.2, 0.25) is 0 Å². The van der Waals surface area contributed by atoms with Crippen molar-refractivity contribution in [2.45, 2.75) is 5.92 Å². The zero-order chi connectivity index (χ0) is 14.7. The van der Waals surface area contributed by atoms with Crippen LogP contribution in [-0.4, -0.2) is 16.5 Å². The predicted octanol–water partition coefficient (Wildman–Crippen LogP) is 3.93. The van der Waals surface area contributed by atoms with Gasteiger partial charge >= 0.3 is 0 Å². The van der Waals surface area contributed by atoms with Crippen LogP contribution in [0.25, 0.3) is 11.3 Å². The number of nitrogens with zero attached hydrogens (tertiary/aromatic N) is 1. The highest BCUT2D eigenvalue weighted by atomic mass is 79.9. The van der Waals surface area contributed by atoms with E-state index in [0.717, 1.165) is 21.6 Å². The number of aromatic amines is 1. The summed E-state index contributed by atoms with van der Waals surface area (Å²) in [5, 5.41) is 0. The molecule has 3 N–H and O–H groups in total. The van der Waals surface area contributed by atoms with Gasteiger partial charge in [0.1, 0.15) is 5.82 Å². The number of hydrogen-bond donors (Lipinski definition) is 2. The maximum absolute atomic E-state index is 5.94. The van der Waals surface area contributed by atoms with Crippen molar-refractivity contribution in [3.05, 3.63) is 76.7 Å². The van der Waals surface area contributed by atoms with Gasteiger partial charge in [0.05, 0.1) is 17.8 Å². The van der Waals surface area contributed by atoms with Gasteiger partial charge in [0.25, 0.3) is 0 Å². The largest absolute Gasteiger partial charge is 0.341 e. The van der Waals surface area contributed by atoms with Crippen LogP contribution >= 0.6 is 15.9 Å². The van der Waals surface area contributed by atoms with Crippen LogP contribution in [0, 0.1) is 0 Å². The minimum atomic E-state index is 0.0899. The molecule has 1 heterocycles. The Morgan fingerprint density at radius 3 is 2.62 bits per heavy atom. The molecule has 3 rings (SSSR count). The fourth-order valence-corrected chi connectivity index (χ4v) is 2.81. The highest BCUT2D eigenvalue weighted by Crippen LogP contribution is 2.25. The third-order valence-corrected chi connectivity index (χ3v) is 3.99. The van der Waals surface area contributed by atoms with E-state index in [9.17, 15) is 0 Å². The van der Waals surface area contributed by atoms with E-state index in [2.05, 4.69) is 50.2 Å². The smallest absolute Gasteiger partial charge is 0.115 e. The summed E-state index contributed by atoms with van der Waals surface area (Å²) in [6.07, 6.45) is 1.86. The summed E-state index contributed by atoms with van der Waals surface area (Å²) >= 11 is 3.49. The van der Waals surface area contributed by atoms with Crippen molar-refractivity contribution in [3.63, 3.8) is 0 Å². The van der Waals surface area contributed by atoms with Gasteiger partial charge in [-0.3, -0.25) is 0 Å². The number of nitrogens with two attached hydrogens (primary N) is 1. The summed E-state index contributed by atoms with van der Waals surface area (Å²) in [5.74, 6) is 0.991. The lowest BCUT2D eigenvalue weighted by Gasteiger charge is -2.12. The fraction of sp³-hybridized carbons (Fsp3) is 0.118. The van der Waals surface area contributed by atoms with Crippen molar-refractivity contribution in [2.75, 3.05) is 6.54 Å². The molecular weight excluding hydrogens is 326 g/mol. The number of halogens is 1. The lowest BCUT2D eigenvalue weighted by molar-refractivity contribution is 0.765. The van der Waals surface area contributed by atoms with E-state index in [1.807, 2.05) is 36.5 Å². The zero-order valence-corrected chi connectivity index (χ0v) is 13.0. The Hall–Kier alpha value is -1.91. The Balaban J connectivity index is 1.94. The molecule has 21 heavy (non-hydrogen) atoms. The number of nitrogens with one attached hydrogen (secondary N) is 1. The third-order valence-electron chi connectivity index (χ3n) is 3.50. The third kappa shape index (κ3) is 3.06. The van der Waals surface area contributed by atoms with Gasteiger partial charge in [0.2, 0.25) is 0 Å². The van der Waals surface area contributed by atoms with Crippen molar-refractivity contribution in [1.82, 2.24) is 9.97 Å². The molecule has 1 atom stereocenters. The first-order chi connectivity index (χ1) is 10.3. The molecule has 0 spiro atoms. The minimum absolute atomic E-state index is 0.0899. The lowest BCUT2D eigenvalue weighted by Crippen LogP contribution is -2.15. The number of rotatable bonds is 4. The Morgan fingerprint density at radius 2 is 1.90 bits per heavy atom. The molecule has 0 amide bonds. The van der Waals surface area contributed by atoms with E-state index in [1.54, 1.807) is 0 Å². The second kappa shape index (κ2) is 6.24. The van der Waals surface area contributed by atoms with E-state index < -0.39 is 0 Å². The van der Waals surface area contributed by atoms with Crippen LogP contribution in [0.4, 0.5) is 0 Å². The van der Waals surface area contributed by atoms with Crippen molar-refractivity contribution in [3.8, 4) is 11.3 Å². The van der Waals surface area contributed by atoms with Crippen molar-refractivity contribution < 1.29 is 0 Å². The van der Waals surface area contributed by atoms with Crippen LogP contribution in [0.3, 0.4) is 0 Å². The Labute approximate surface area is 132 Å². The fourth-order valence-electron chi connectivity index (χ4n) is 2.41. The van der Waals surface area contributed by atoms with Crippen molar-refractivity contribution in [2.24, 2.45) is 5.73 Å². The highest BCUT2D eigenvalue weighted by molar-refractivity contribution is 9.10. The molecule has 3 aromatic rings. The second-order valence-electron chi connectivity index (χ2n) is 4.89. The molecule has 4 heteroatoms. The summed E-state index contributed by atoms with van der Waals surface area (Å²) in [5.41, 5.74) is 9.22. The van der Waals surface area contributed by atoms with Gasteiger partial charge in [-0.05, 0) is 17.7 Å². The molecule has 1 unspecified atom stereocenters. The zero-order valence-electron chi connectivity index (χ0n) is 11.5. The van der Waals surface area contributed by atoms with Gasteiger partial charge < -0.3 is 10.7 Å². The number of aromatic nitrogens is 2. The molecule has 0 aliphatic carbocycles. The molecule has 0 aliphatic rings. The van der Waals surface area contributed by atoms with Gasteiger partial charge in [0.15, 0.2) is 0 Å². The van der Waals surface area contributed by atoms with Gasteiger partial charge in [-0.2, -0.15) is 0 Å². The molecule has 3 nitrogen and oxygen atoms in total. The van der Waals surface area contributed by atoms with Gasteiger partial charge in [-0.15, -0.1) is 0 Å². The van der Waals surface area contributed by atoms with Crippen LogP contribution < -0.4 is 5.73 Å². The monoisotopic (exact) mass is 341 g/mol. The van der Waals surface area contributed by atoms with Crippen LogP contribution in [0.15, 0.2) is 65.3 Å². The maximum atomic E-state index is 5.94. The van der Waals surface area contributed by atoms with Crippen molar-refractivity contribution >= 4 is 15.9 Å². The Morgan fingerprint density at radius 1 is 1.10 bits per heavy atom. The number of H-pyrrole nitrogens is 1. The maximum Gasteiger partial charge on any atom is 0.115 e. The topological polar surface area (TPSA) is 54.7 Å². The molecule has 0 saturated heterocycles.